The number of carbonyl (C=O) groups excluding carboxylic acids is 1. The van der Waals surface area contributed by atoms with Crippen molar-refractivity contribution in [3.8, 4) is 0 Å². The van der Waals surface area contributed by atoms with Crippen molar-refractivity contribution in [1.82, 2.24) is 14.8 Å². The minimum absolute atomic E-state index is 0.00995. The number of hydrogen-bond acceptors (Lipinski definition) is 3. The van der Waals surface area contributed by atoms with Crippen LogP contribution in [0.1, 0.15) is 5.01 Å². The average Bonchev–Trinajstić information content (AvgIpc) is 2.69. The fourth-order valence-corrected chi connectivity index (χ4v) is 2.62. The van der Waals surface area contributed by atoms with Crippen LogP contribution < -0.4 is 0 Å². The van der Waals surface area contributed by atoms with E-state index >= 15 is 0 Å². The van der Waals surface area contributed by atoms with Gasteiger partial charge in [-0.3, -0.25) is 0 Å². The van der Waals surface area contributed by atoms with E-state index in [1.54, 1.807) is 42.3 Å². The van der Waals surface area contributed by atoms with Gasteiger partial charge in [0.15, 0.2) is 0 Å². The number of rotatable bonds is 2. The number of carbonyl (C=O) groups is 1. The summed E-state index contributed by atoms with van der Waals surface area (Å²) in [6, 6.07) is 8.00. The van der Waals surface area contributed by atoms with Gasteiger partial charge in [0.25, 0.3) is 0 Å². The lowest BCUT2D eigenvalue weighted by molar-refractivity contribution is 0.180. The Morgan fingerprint density at radius 3 is 2.65 bits per heavy atom. The molecular weight excluding hydrogens is 234 g/mol. The van der Waals surface area contributed by atoms with Crippen LogP contribution in [0.15, 0.2) is 24.3 Å². The van der Waals surface area contributed by atoms with E-state index in [4.69, 9.17) is 0 Å². The van der Waals surface area contributed by atoms with E-state index in [-0.39, 0.29) is 6.03 Å². The predicted octanol–water partition coefficient (Wildman–Crippen LogP) is 2.41. The van der Waals surface area contributed by atoms with Crippen molar-refractivity contribution in [2.45, 2.75) is 6.54 Å². The summed E-state index contributed by atoms with van der Waals surface area (Å²) in [6.07, 6.45) is 0. The molecule has 2 aromatic rings. The van der Waals surface area contributed by atoms with Gasteiger partial charge >= 0.3 is 6.03 Å². The topological polar surface area (TPSA) is 36.4 Å². The minimum Gasteiger partial charge on any atom is -0.331 e. The minimum atomic E-state index is -0.00995. The molecular formula is C12H15N3OS. The Balaban J connectivity index is 2.16. The Labute approximate surface area is 104 Å². The average molecular weight is 249 g/mol. The summed E-state index contributed by atoms with van der Waals surface area (Å²) in [5.74, 6) is 0. The molecule has 0 bridgehead atoms. The molecule has 0 saturated heterocycles. The Bertz CT molecular complexity index is 502. The second-order valence-corrected chi connectivity index (χ2v) is 5.22. The maximum atomic E-state index is 11.7. The van der Waals surface area contributed by atoms with Crippen LogP contribution in [0.3, 0.4) is 0 Å². The molecule has 0 radical (unpaired) electrons. The Hall–Kier alpha value is -1.62. The van der Waals surface area contributed by atoms with Gasteiger partial charge in [0, 0.05) is 21.1 Å². The first-order valence-electron chi connectivity index (χ1n) is 5.35. The van der Waals surface area contributed by atoms with E-state index in [9.17, 15) is 4.79 Å². The number of fused-ring (bicyclic) bond motifs is 1. The molecule has 0 unspecified atom stereocenters. The van der Waals surface area contributed by atoms with E-state index in [1.807, 2.05) is 24.3 Å². The molecule has 1 aromatic carbocycles. The summed E-state index contributed by atoms with van der Waals surface area (Å²) < 4.78 is 1.16. The summed E-state index contributed by atoms with van der Waals surface area (Å²) in [4.78, 5) is 19.4. The molecule has 2 amide bonds. The van der Waals surface area contributed by atoms with Gasteiger partial charge in [0.2, 0.25) is 0 Å². The zero-order valence-corrected chi connectivity index (χ0v) is 11.0. The zero-order chi connectivity index (χ0) is 12.4. The third-order valence-electron chi connectivity index (χ3n) is 2.42. The number of aromatic nitrogens is 1. The van der Waals surface area contributed by atoms with Crippen LogP contribution >= 0.6 is 11.3 Å². The summed E-state index contributed by atoms with van der Waals surface area (Å²) in [6.45, 7) is 0.552. The van der Waals surface area contributed by atoms with Gasteiger partial charge in [-0.25, -0.2) is 9.78 Å². The maximum absolute atomic E-state index is 11.7. The molecule has 0 aliphatic carbocycles. The standard InChI is InChI=1S/C12H15N3OS/c1-14(2)12(16)15(3)8-11-13-9-6-4-5-7-10(9)17-11/h4-7H,8H2,1-3H3. The van der Waals surface area contributed by atoms with Crippen molar-refractivity contribution in [3.63, 3.8) is 0 Å². The first-order chi connectivity index (χ1) is 8.08. The lowest BCUT2D eigenvalue weighted by atomic mass is 10.3. The highest BCUT2D eigenvalue weighted by atomic mass is 32.1. The monoisotopic (exact) mass is 249 g/mol. The molecule has 1 aromatic heterocycles. The second-order valence-electron chi connectivity index (χ2n) is 4.11. The number of para-hydroxylation sites is 1. The summed E-state index contributed by atoms with van der Waals surface area (Å²) in [5.41, 5.74) is 0.998. The molecule has 1 heterocycles. The number of hydrogen-bond donors (Lipinski definition) is 0. The van der Waals surface area contributed by atoms with E-state index in [2.05, 4.69) is 4.98 Å². The van der Waals surface area contributed by atoms with Gasteiger partial charge in [0.1, 0.15) is 5.01 Å². The Morgan fingerprint density at radius 2 is 2.00 bits per heavy atom. The van der Waals surface area contributed by atoms with Gasteiger partial charge in [-0.05, 0) is 12.1 Å². The first-order valence-corrected chi connectivity index (χ1v) is 6.16. The van der Waals surface area contributed by atoms with Crippen molar-refractivity contribution in [2.24, 2.45) is 0 Å². The SMILES string of the molecule is CN(C)C(=O)N(C)Cc1nc2ccccc2s1. The van der Waals surface area contributed by atoms with Crippen molar-refractivity contribution in [1.29, 1.82) is 0 Å². The first kappa shape index (κ1) is 11.9. The number of thiazole rings is 1. The van der Waals surface area contributed by atoms with Crippen LogP contribution in [0.5, 0.6) is 0 Å². The lowest BCUT2D eigenvalue weighted by Crippen LogP contribution is -2.35. The van der Waals surface area contributed by atoms with Crippen LogP contribution in [0.4, 0.5) is 4.79 Å². The van der Waals surface area contributed by atoms with E-state index in [0.717, 1.165) is 15.2 Å². The molecule has 0 atom stereocenters. The zero-order valence-electron chi connectivity index (χ0n) is 10.2. The largest absolute Gasteiger partial charge is 0.331 e. The summed E-state index contributed by atoms with van der Waals surface area (Å²) in [7, 11) is 5.28. The fourth-order valence-electron chi connectivity index (χ4n) is 1.60. The molecule has 0 fully saturated rings. The number of benzene rings is 1. The lowest BCUT2D eigenvalue weighted by Gasteiger charge is -2.20. The quantitative estimate of drug-likeness (QED) is 0.819. The molecule has 0 N–H and O–H groups in total. The molecule has 90 valence electrons. The van der Waals surface area contributed by atoms with Crippen LogP contribution in [0.25, 0.3) is 10.2 Å². The third kappa shape index (κ3) is 2.55. The van der Waals surface area contributed by atoms with Crippen LogP contribution in [0.2, 0.25) is 0 Å². The summed E-state index contributed by atoms with van der Waals surface area (Å²) >= 11 is 1.63. The molecule has 0 saturated carbocycles. The van der Waals surface area contributed by atoms with Crippen molar-refractivity contribution in [2.75, 3.05) is 21.1 Å². The smallest absolute Gasteiger partial charge is 0.319 e. The summed E-state index contributed by atoms with van der Waals surface area (Å²) in [5, 5.41) is 0.962. The number of amides is 2. The van der Waals surface area contributed by atoms with Gasteiger partial charge in [-0.15, -0.1) is 11.3 Å². The molecule has 17 heavy (non-hydrogen) atoms. The molecule has 0 aliphatic heterocycles. The molecule has 0 spiro atoms. The highest BCUT2D eigenvalue weighted by Gasteiger charge is 2.13. The second kappa shape index (κ2) is 4.71. The van der Waals surface area contributed by atoms with E-state index in [1.165, 1.54) is 0 Å². The fraction of sp³-hybridized carbons (Fsp3) is 0.333. The van der Waals surface area contributed by atoms with Gasteiger partial charge in [-0.2, -0.15) is 0 Å². The van der Waals surface area contributed by atoms with E-state index in [0.29, 0.717) is 6.54 Å². The van der Waals surface area contributed by atoms with Gasteiger partial charge < -0.3 is 9.80 Å². The molecule has 4 nitrogen and oxygen atoms in total. The van der Waals surface area contributed by atoms with E-state index < -0.39 is 0 Å². The van der Waals surface area contributed by atoms with Gasteiger partial charge in [0.05, 0.1) is 16.8 Å². The van der Waals surface area contributed by atoms with Crippen molar-refractivity contribution in [3.05, 3.63) is 29.3 Å². The molecule has 2 rings (SSSR count). The predicted molar refractivity (Wildman–Crippen MR) is 70.2 cm³/mol. The normalized spacial score (nSPS) is 10.5. The van der Waals surface area contributed by atoms with Crippen molar-refractivity contribution >= 4 is 27.6 Å². The number of urea groups is 1. The molecule has 5 heteroatoms. The molecule has 0 aliphatic rings. The highest BCUT2D eigenvalue weighted by Crippen LogP contribution is 2.22. The van der Waals surface area contributed by atoms with Gasteiger partial charge in [-0.1, -0.05) is 12.1 Å². The van der Waals surface area contributed by atoms with Crippen LogP contribution in [-0.2, 0) is 6.54 Å². The maximum Gasteiger partial charge on any atom is 0.319 e. The Morgan fingerprint density at radius 1 is 1.29 bits per heavy atom. The number of nitrogens with zero attached hydrogens (tertiary/aromatic N) is 3. The van der Waals surface area contributed by atoms with Crippen LogP contribution in [-0.4, -0.2) is 42.0 Å². The van der Waals surface area contributed by atoms with Crippen LogP contribution in [0, 0.1) is 0 Å². The third-order valence-corrected chi connectivity index (χ3v) is 3.44. The van der Waals surface area contributed by atoms with Crippen molar-refractivity contribution < 1.29 is 4.79 Å². The highest BCUT2D eigenvalue weighted by molar-refractivity contribution is 7.18. The Kier molecular flexibility index (Phi) is 3.28.